The lowest BCUT2D eigenvalue weighted by Crippen LogP contribution is -2.46. The summed E-state index contributed by atoms with van der Waals surface area (Å²) < 4.78 is 0.626. The van der Waals surface area contributed by atoms with Crippen LogP contribution in [0.1, 0.15) is 5.56 Å². The Morgan fingerprint density at radius 3 is 2.78 bits per heavy atom. The molecule has 1 atom stereocenters. The Labute approximate surface area is 151 Å². The molecule has 1 aromatic carbocycles. The Morgan fingerprint density at radius 2 is 2.22 bits per heavy atom. The Kier molecular flexibility index (Phi) is 5.65. The van der Waals surface area contributed by atoms with E-state index in [-0.39, 0.29) is 23.0 Å². The number of hydrogen-bond donors (Lipinski definition) is 4. The summed E-state index contributed by atoms with van der Waals surface area (Å²) in [5.41, 5.74) is 6.61. The number of thiol groups is 1. The molecule has 0 radical (unpaired) electrons. The second-order valence-electron chi connectivity index (χ2n) is 4.78. The largest absolute Gasteiger partial charge is 0.507 e. The van der Waals surface area contributed by atoms with Gasteiger partial charge in [-0.25, -0.2) is 4.99 Å². The maximum atomic E-state index is 12.4. The fourth-order valence-electron chi connectivity index (χ4n) is 1.99. The molecule has 1 aliphatic heterocycles. The van der Waals surface area contributed by atoms with Crippen molar-refractivity contribution >= 4 is 59.0 Å². The summed E-state index contributed by atoms with van der Waals surface area (Å²) in [5.74, 6) is -1.13. The summed E-state index contributed by atoms with van der Waals surface area (Å²) in [6, 6.07) is 4.18. The van der Waals surface area contributed by atoms with Crippen LogP contribution in [0.25, 0.3) is 6.08 Å². The van der Waals surface area contributed by atoms with Crippen molar-refractivity contribution in [2.75, 3.05) is 12.3 Å². The van der Waals surface area contributed by atoms with E-state index in [4.69, 9.17) is 10.8 Å². The van der Waals surface area contributed by atoms with Crippen LogP contribution in [0.5, 0.6) is 5.75 Å². The first-order valence-corrected chi connectivity index (χ1v) is 8.23. The number of amides is 1. The Morgan fingerprint density at radius 1 is 1.52 bits per heavy atom. The zero-order valence-electron chi connectivity index (χ0n) is 11.8. The summed E-state index contributed by atoms with van der Waals surface area (Å²) in [4.78, 5) is 28.5. The molecule has 1 aromatic rings. The molecule has 0 saturated carbocycles. The number of phenols is 1. The minimum Gasteiger partial charge on any atom is -0.507 e. The number of carbonyl (C=O) groups excluding carboxylic acids is 1. The van der Waals surface area contributed by atoms with Gasteiger partial charge in [0.05, 0.1) is 9.61 Å². The number of carbonyl (C=O) groups is 2. The van der Waals surface area contributed by atoms with E-state index >= 15 is 0 Å². The predicted octanol–water partition coefficient (Wildman–Crippen LogP) is 0.920. The molecule has 1 amide bonds. The quantitative estimate of drug-likeness (QED) is 0.305. The average Bonchev–Trinajstić information content (AvgIpc) is 2.79. The molecule has 23 heavy (non-hydrogen) atoms. The zero-order valence-corrected chi connectivity index (χ0v) is 14.9. The number of benzene rings is 1. The highest BCUT2D eigenvalue weighted by Gasteiger charge is 2.34. The monoisotopic (exact) mass is 447 g/mol. The molecule has 122 valence electrons. The molecule has 4 N–H and O–H groups in total. The zero-order chi connectivity index (χ0) is 17.1. The Hall–Kier alpha value is -1.59. The standard InChI is InChI=1S/C14H14IN3O4S/c15-8-3-7(1-2-11(8)19)4-10-14(22)18(5-12(20)21)13(17-10)9(16)6-23/h1-4,9,19,23H,5-6,16H2,(H,20,21)/b10-4-/t9-/m0/s1. The van der Waals surface area contributed by atoms with Crippen LogP contribution in [0.4, 0.5) is 0 Å². The molecule has 1 heterocycles. The van der Waals surface area contributed by atoms with Gasteiger partial charge < -0.3 is 15.9 Å². The molecule has 9 heteroatoms. The molecule has 7 nitrogen and oxygen atoms in total. The number of rotatable bonds is 5. The van der Waals surface area contributed by atoms with E-state index in [0.717, 1.165) is 4.90 Å². The van der Waals surface area contributed by atoms with E-state index in [0.29, 0.717) is 9.13 Å². The van der Waals surface area contributed by atoms with E-state index < -0.39 is 24.5 Å². The van der Waals surface area contributed by atoms with Crippen LogP contribution in [0.15, 0.2) is 28.9 Å². The minimum absolute atomic E-state index is 0.0972. The summed E-state index contributed by atoms with van der Waals surface area (Å²) >= 11 is 6.03. The van der Waals surface area contributed by atoms with Crippen LogP contribution in [-0.4, -0.2) is 51.2 Å². The molecule has 0 aliphatic carbocycles. The summed E-state index contributed by atoms with van der Waals surface area (Å²) in [7, 11) is 0. The third-order valence-corrected chi connectivity index (χ3v) is 4.33. The minimum atomic E-state index is -1.15. The fraction of sp³-hybridized carbons (Fsp3) is 0.214. The van der Waals surface area contributed by atoms with Crippen molar-refractivity contribution in [3.8, 4) is 5.75 Å². The number of nitrogens with zero attached hydrogens (tertiary/aromatic N) is 2. The molecular formula is C14H14IN3O4S. The number of halogens is 1. The van der Waals surface area contributed by atoms with Crippen molar-refractivity contribution < 1.29 is 19.8 Å². The van der Waals surface area contributed by atoms with Crippen LogP contribution in [0.2, 0.25) is 0 Å². The van der Waals surface area contributed by atoms with Crippen molar-refractivity contribution in [3.63, 3.8) is 0 Å². The number of carboxylic acids is 1. The van der Waals surface area contributed by atoms with Crippen LogP contribution in [0.3, 0.4) is 0 Å². The number of aliphatic carboxylic acids is 1. The van der Waals surface area contributed by atoms with Crippen molar-refractivity contribution in [2.24, 2.45) is 10.7 Å². The Balaban J connectivity index is 2.39. The lowest BCUT2D eigenvalue weighted by molar-refractivity contribution is -0.140. The maximum absolute atomic E-state index is 12.4. The molecule has 0 saturated heterocycles. The maximum Gasteiger partial charge on any atom is 0.323 e. The second-order valence-corrected chi connectivity index (χ2v) is 6.31. The lowest BCUT2D eigenvalue weighted by atomic mass is 10.2. The normalized spacial score (nSPS) is 17.5. The third-order valence-electron chi connectivity index (χ3n) is 3.07. The smallest absolute Gasteiger partial charge is 0.323 e. The van der Waals surface area contributed by atoms with Gasteiger partial charge in [-0.1, -0.05) is 6.07 Å². The number of carboxylic acid groups (broad SMARTS) is 1. The highest BCUT2D eigenvalue weighted by atomic mass is 127. The van der Waals surface area contributed by atoms with Crippen LogP contribution >= 0.6 is 35.2 Å². The molecular weight excluding hydrogens is 433 g/mol. The van der Waals surface area contributed by atoms with Gasteiger partial charge in [0.1, 0.15) is 23.8 Å². The number of aliphatic imine (C=N–C) groups is 1. The van der Waals surface area contributed by atoms with Crippen LogP contribution in [0, 0.1) is 3.57 Å². The van der Waals surface area contributed by atoms with Gasteiger partial charge in [0.15, 0.2) is 0 Å². The number of nitrogens with two attached hydrogens (primary N) is 1. The van der Waals surface area contributed by atoms with Gasteiger partial charge in [-0.2, -0.15) is 12.6 Å². The second kappa shape index (κ2) is 7.32. The molecule has 0 spiro atoms. The van der Waals surface area contributed by atoms with E-state index in [1.807, 2.05) is 22.6 Å². The van der Waals surface area contributed by atoms with Gasteiger partial charge >= 0.3 is 5.97 Å². The third kappa shape index (κ3) is 4.03. The lowest BCUT2D eigenvalue weighted by Gasteiger charge is -2.19. The van der Waals surface area contributed by atoms with Gasteiger partial charge in [0.25, 0.3) is 5.91 Å². The first kappa shape index (κ1) is 17.8. The average molecular weight is 447 g/mol. The number of phenolic OH excluding ortho intramolecular Hbond substituents is 1. The predicted molar refractivity (Wildman–Crippen MR) is 97.4 cm³/mol. The van der Waals surface area contributed by atoms with E-state index in [1.54, 1.807) is 12.1 Å². The van der Waals surface area contributed by atoms with Gasteiger partial charge in [-0.3, -0.25) is 14.5 Å². The topological polar surface area (TPSA) is 116 Å². The van der Waals surface area contributed by atoms with Crippen molar-refractivity contribution in [2.45, 2.75) is 6.04 Å². The van der Waals surface area contributed by atoms with Gasteiger partial charge in [-0.15, -0.1) is 0 Å². The van der Waals surface area contributed by atoms with Gasteiger partial charge in [0, 0.05) is 5.75 Å². The van der Waals surface area contributed by atoms with Gasteiger partial charge in [0.2, 0.25) is 0 Å². The van der Waals surface area contributed by atoms with Crippen LogP contribution < -0.4 is 5.73 Å². The van der Waals surface area contributed by atoms with Crippen molar-refractivity contribution in [1.29, 1.82) is 0 Å². The molecule has 0 fully saturated rings. The number of amidine groups is 1. The van der Waals surface area contributed by atoms with Crippen molar-refractivity contribution in [3.05, 3.63) is 33.0 Å². The molecule has 0 aromatic heterocycles. The van der Waals surface area contributed by atoms with E-state index in [2.05, 4.69) is 17.6 Å². The summed E-state index contributed by atoms with van der Waals surface area (Å²) in [5, 5.41) is 18.5. The molecule has 0 unspecified atom stereocenters. The SMILES string of the molecule is N[C@@H](CS)C1=N/C(=C\c2ccc(O)c(I)c2)C(=O)N1CC(=O)O. The van der Waals surface area contributed by atoms with Gasteiger partial charge in [-0.05, 0) is 46.4 Å². The van der Waals surface area contributed by atoms with E-state index in [9.17, 15) is 14.7 Å². The van der Waals surface area contributed by atoms with E-state index in [1.165, 1.54) is 12.1 Å². The fourth-order valence-corrected chi connectivity index (χ4v) is 2.69. The molecule has 2 rings (SSSR count). The number of hydrogen-bond acceptors (Lipinski definition) is 6. The number of aromatic hydroxyl groups is 1. The first-order valence-electron chi connectivity index (χ1n) is 6.52. The highest BCUT2D eigenvalue weighted by molar-refractivity contribution is 14.1. The highest BCUT2D eigenvalue weighted by Crippen LogP contribution is 2.24. The molecule has 1 aliphatic rings. The Bertz CT molecular complexity index is 720. The summed E-state index contributed by atoms with van der Waals surface area (Å²) in [6.07, 6.45) is 1.52. The summed E-state index contributed by atoms with van der Waals surface area (Å²) in [6.45, 7) is -0.510. The first-order chi connectivity index (χ1) is 10.8. The van der Waals surface area contributed by atoms with Crippen LogP contribution in [-0.2, 0) is 9.59 Å². The van der Waals surface area contributed by atoms with Crippen molar-refractivity contribution in [1.82, 2.24) is 4.90 Å². The molecule has 0 bridgehead atoms.